The summed E-state index contributed by atoms with van der Waals surface area (Å²) in [5.41, 5.74) is 1.09. The van der Waals surface area contributed by atoms with E-state index in [2.05, 4.69) is 31.4 Å². The molecule has 0 bridgehead atoms. The van der Waals surface area contributed by atoms with E-state index in [0.717, 1.165) is 18.5 Å². The highest BCUT2D eigenvalue weighted by atomic mass is 32.2. The Morgan fingerprint density at radius 1 is 1.26 bits per heavy atom. The highest BCUT2D eigenvalue weighted by molar-refractivity contribution is 7.91. The van der Waals surface area contributed by atoms with Gasteiger partial charge in [0.25, 0.3) is 0 Å². The molecule has 1 fully saturated rings. The van der Waals surface area contributed by atoms with Gasteiger partial charge in [0.2, 0.25) is 5.91 Å². The molecule has 1 aromatic rings. The van der Waals surface area contributed by atoms with E-state index in [-0.39, 0.29) is 29.5 Å². The van der Waals surface area contributed by atoms with Crippen molar-refractivity contribution in [2.24, 2.45) is 5.92 Å². The first-order valence-electron chi connectivity index (χ1n) is 8.02. The van der Waals surface area contributed by atoms with Crippen LogP contribution in [0.15, 0.2) is 29.2 Å². The third-order valence-corrected chi connectivity index (χ3v) is 5.91. The fourth-order valence-electron chi connectivity index (χ4n) is 2.61. The summed E-state index contributed by atoms with van der Waals surface area (Å²) in [6.45, 7) is 7.93. The number of rotatable bonds is 5. The summed E-state index contributed by atoms with van der Waals surface area (Å²) in [6, 6.07) is 7.02. The van der Waals surface area contributed by atoms with Gasteiger partial charge in [-0.2, -0.15) is 0 Å². The second-order valence-corrected chi connectivity index (χ2v) is 9.18. The normalized spacial score (nSPS) is 18.8. The van der Waals surface area contributed by atoms with Crippen LogP contribution < -0.4 is 10.6 Å². The predicted octanol–water partition coefficient (Wildman–Crippen LogP) is 1.48. The molecular weight excluding hydrogens is 312 g/mol. The molecule has 5 nitrogen and oxygen atoms in total. The summed E-state index contributed by atoms with van der Waals surface area (Å²) < 4.78 is 24.7. The first-order chi connectivity index (χ1) is 10.7. The fourth-order valence-corrected chi connectivity index (χ4v) is 3.77. The van der Waals surface area contributed by atoms with Crippen LogP contribution in [0.4, 0.5) is 0 Å². The van der Waals surface area contributed by atoms with Crippen molar-refractivity contribution in [2.75, 3.05) is 25.4 Å². The molecule has 1 heterocycles. The number of hydrogen-bond acceptors (Lipinski definition) is 4. The van der Waals surface area contributed by atoms with Gasteiger partial charge in [-0.15, -0.1) is 0 Å². The topological polar surface area (TPSA) is 75.3 Å². The molecule has 0 unspecified atom stereocenters. The number of amides is 1. The molecule has 23 heavy (non-hydrogen) atoms. The molecule has 0 saturated carbocycles. The van der Waals surface area contributed by atoms with Crippen molar-refractivity contribution >= 4 is 15.7 Å². The highest BCUT2D eigenvalue weighted by Gasteiger charge is 2.23. The first-order valence-corrected chi connectivity index (χ1v) is 9.67. The van der Waals surface area contributed by atoms with Crippen molar-refractivity contribution in [3.8, 4) is 0 Å². The van der Waals surface area contributed by atoms with Crippen LogP contribution in [0, 0.1) is 5.92 Å². The lowest BCUT2D eigenvalue weighted by Crippen LogP contribution is -2.35. The Balaban J connectivity index is 1.92. The third kappa shape index (κ3) is 4.78. The SMILES string of the molecule is CC(C)(C)c1ccc(S(=O)(=O)CCNC(=O)[C@H]2CCNC2)cc1. The minimum absolute atomic E-state index is 0.00835. The van der Waals surface area contributed by atoms with Crippen molar-refractivity contribution in [1.29, 1.82) is 0 Å². The maximum Gasteiger partial charge on any atom is 0.224 e. The molecule has 1 atom stereocenters. The molecular formula is C17H26N2O3S. The average molecular weight is 338 g/mol. The van der Waals surface area contributed by atoms with Gasteiger partial charge >= 0.3 is 0 Å². The Labute approximate surface area is 138 Å². The Kier molecular flexibility index (Phi) is 5.47. The summed E-state index contributed by atoms with van der Waals surface area (Å²) in [4.78, 5) is 12.2. The molecule has 0 aliphatic carbocycles. The second kappa shape index (κ2) is 7.01. The van der Waals surface area contributed by atoms with E-state index in [9.17, 15) is 13.2 Å². The van der Waals surface area contributed by atoms with Crippen LogP contribution in [0.25, 0.3) is 0 Å². The van der Waals surface area contributed by atoms with E-state index in [1.165, 1.54) is 0 Å². The molecule has 0 aromatic heterocycles. The molecule has 1 aliphatic heterocycles. The number of carbonyl (C=O) groups is 1. The van der Waals surface area contributed by atoms with Crippen LogP contribution in [0.5, 0.6) is 0 Å². The minimum atomic E-state index is -3.37. The fraction of sp³-hybridized carbons (Fsp3) is 0.588. The average Bonchev–Trinajstić information content (AvgIpc) is 3.00. The van der Waals surface area contributed by atoms with Crippen molar-refractivity contribution in [1.82, 2.24) is 10.6 Å². The van der Waals surface area contributed by atoms with Gasteiger partial charge in [0.05, 0.1) is 16.6 Å². The second-order valence-electron chi connectivity index (χ2n) is 7.07. The van der Waals surface area contributed by atoms with E-state index in [0.29, 0.717) is 11.4 Å². The summed E-state index contributed by atoms with van der Waals surface area (Å²) >= 11 is 0. The van der Waals surface area contributed by atoms with E-state index in [1.54, 1.807) is 12.1 Å². The molecule has 2 rings (SSSR count). The van der Waals surface area contributed by atoms with Gasteiger partial charge < -0.3 is 10.6 Å². The van der Waals surface area contributed by atoms with Crippen molar-refractivity contribution < 1.29 is 13.2 Å². The lowest BCUT2D eigenvalue weighted by Gasteiger charge is -2.19. The maximum absolute atomic E-state index is 12.3. The lowest BCUT2D eigenvalue weighted by molar-refractivity contribution is -0.124. The molecule has 1 saturated heterocycles. The molecule has 1 amide bonds. The smallest absolute Gasteiger partial charge is 0.224 e. The van der Waals surface area contributed by atoms with Crippen LogP contribution in [0.2, 0.25) is 0 Å². The van der Waals surface area contributed by atoms with Gasteiger partial charge in [0.15, 0.2) is 9.84 Å². The molecule has 0 spiro atoms. The van der Waals surface area contributed by atoms with Crippen LogP contribution in [-0.2, 0) is 20.0 Å². The zero-order valence-corrected chi connectivity index (χ0v) is 14.9. The highest BCUT2D eigenvalue weighted by Crippen LogP contribution is 2.23. The molecule has 0 radical (unpaired) electrons. The van der Waals surface area contributed by atoms with E-state index < -0.39 is 9.84 Å². The molecule has 6 heteroatoms. The Morgan fingerprint density at radius 2 is 1.91 bits per heavy atom. The molecule has 128 valence electrons. The zero-order valence-electron chi connectivity index (χ0n) is 14.1. The van der Waals surface area contributed by atoms with E-state index in [1.807, 2.05) is 12.1 Å². The Hall–Kier alpha value is -1.40. The van der Waals surface area contributed by atoms with E-state index in [4.69, 9.17) is 0 Å². The van der Waals surface area contributed by atoms with Crippen LogP contribution in [-0.4, -0.2) is 39.7 Å². The molecule has 1 aromatic carbocycles. The predicted molar refractivity (Wildman–Crippen MR) is 91.2 cm³/mol. The zero-order chi connectivity index (χ0) is 17.1. The minimum Gasteiger partial charge on any atom is -0.355 e. The quantitative estimate of drug-likeness (QED) is 0.853. The standard InChI is InChI=1S/C17H26N2O3S/c1-17(2,3)14-4-6-15(7-5-14)23(21,22)11-10-19-16(20)13-8-9-18-12-13/h4-7,13,18H,8-12H2,1-3H3,(H,19,20)/t13-/m0/s1. The van der Waals surface area contributed by atoms with Gasteiger partial charge in [-0.3, -0.25) is 4.79 Å². The first kappa shape index (κ1) is 17.9. The number of hydrogen-bond donors (Lipinski definition) is 2. The monoisotopic (exact) mass is 338 g/mol. The summed E-state index contributed by atoms with van der Waals surface area (Å²) in [6.07, 6.45) is 0.812. The summed E-state index contributed by atoms with van der Waals surface area (Å²) in [7, 11) is -3.37. The Morgan fingerprint density at radius 3 is 2.43 bits per heavy atom. The molecule has 2 N–H and O–H groups in total. The summed E-state index contributed by atoms with van der Waals surface area (Å²) in [5, 5.41) is 5.85. The van der Waals surface area contributed by atoms with Crippen molar-refractivity contribution in [3.63, 3.8) is 0 Å². The van der Waals surface area contributed by atoms with Gasteiger partial charge in [0, 0.05) is 13.1 Å². The number of sulfone groups is 1. The third-order valence-electron chi connectivity index (χ3n) is 4.18. The number of benzene rings is 1. The number of carbonyl (C=O) groups excluding carboxylic acids is 1. The maximum atomic E-state index is 12.3. The van der Waals surface area contributed by atoms with Crippen molar-refractivity contribution in [2.45, 2.75) is 37.5 Å². The lowest BCUT2D eigenvalue weighted by atomic mass is 9.87. The van der Waals surface area contributed by atoms with Gasteiger partial charge in [0.1, 0.15) is 0 Å². The van der Waals surface area contributed by atoms with Gasteiger partial charge in [-0.25, -0.2) is 8.42 Å². The largest absolute Gasteiger partial charge is 0.355 e. The van der Waals surface area contributed by atoms with E-state index >= 15 is 0 Å². The van der Waals surface area contributed by atoms with Crippen LogP contribution in [0.3, 0.4) is 0 Å². The molecule has 1 aliphatic rings. The summed E-state index contributed by atoms with van der Waals surface area (Å²) in [5.74, 6) is -0.176. The Bertz CT molecular complexity index is 639. The van der Waals surface area contributed by atoms with Crippen molar-refractivity contribution in [3.05, 3.63) is 29.8 Å². The van der Waals surface area contributed by atoms with Crippen LogP contribution in [0.1, 0.15) is 32.8 Å². The van der Waals surface area contributed by atoms with Crippen LogP contribution >= 0.6 is 0 Å². The van der Waals surface area contributed by atoms with Gasteiger partial charge in [-0.05, 0) is 36.1 Å². The van der Waals surface area contributed by atoms with Gasteiger partial charge in [-0.1, -0.05) is 32.9 Å². The number of nitrogens with one attached hydrogen (secondary N) is 2.